The smallest absolute Gasteiger partial charge is 0.255 e. The second kappa shape index (κ2) is 9.98. The fourth-order valence-electron chi connectivity index (χ4n) is 4.73. The maximum absolute atomic E-state index is 12.6. The summed E-state index contributed by atoms with van der Waals surface area (Å²) in [7, 11) is 3.51. The van der Waals surface area contributed by atoms with E-state index in [0.717, 1.165) is 37.5 Å². The van der Waals surface area contributed by atoms with Crippen LogP contribution in [0.15, 0.2) is 58.8 Å². The highest BCUT2D eigenvalue weighted by Crippen LogP contribution is 2.32. The number of nitrogens with zero attached hydrogens (tertiary/aromatic N) is 5. The predicted octanol–water partition coefficient (Wildman–Crippen LogP) is 4.03. The summed E-state index contributed by atoms with van der Waals surface area (Å²) in [4.78, 5) is 26.2. The Hall–Kier alpha value is -3.15. The number of hydrogen-bond acceptors (Lipinski definition) is 5. The van der Waals surface area contributed by atoms with Gasteiger partial charge in [-0.05, 0) is 55.4 Å². The van der Waals surface area contributed by atoms with Gasteiger partial charge in [0.1, 0.15) is 0 Å². The molecule has 0 spiro atoms. The molecule has 0 bridgehead atoms. The summed E-state index contributed by atoms with van der Waals surface area (Å²) in [5.41, 5.74) is 4.16. The molecular formula is C26H33N5O. The van der Waals surface area contributed by atoms with E-state index in [1.807, 2.05) is 6.08 Å². The lowest BCUT2D eigenvalue weighted by Crippen LogP contribution is -2.37. The molecule has 0 amide bonds. The highest BCUT2D eigenvalue weighted by molar-refractivity contribution is 5.87. The third-order valence-corrected chi connectivity index (χ3v) is 6.62. The van der Waals surface area contributed by atoms with Gasteiger partial charge < -0.3 is 9.80 Å². The van der Waals surface area contributed by atoms with Gasteiger partial charge in [0.25, 0.3) is 5.56 Å². The SMILES string of the molecule is C=C/C(=C\C=NC)c1cc(=O)n(C)c(N2CCC(c3cccc(N4CCCC4)c3)CC2)n1. The van der Waals surface area contributed by atoms with Gasteiger partial charge in [0.2, 0.25) is 5.95 Å². The van der Waals surface area contributed by atoms with Gasteiger partial charge in [0, 0.05) is 63.8 Å². The number of rotatable bonds is 6. The molecule has 4 rings (SSSR count). The van der Waals surface area contributed by atoms with E-state index in [1.54, 1.807) is 37.0 Å². The Kier molecular flexibility index (Phi) is 6.88. The number of benzene rings is 1. The first kappa shape index (κ1) is 22.1. The van der Waals surface area contributed by atoms with E-state index in [-0.39, 0.29) is 5.56 Å². The summed E-state index contributed by atoms with van der Waals surface area (Å²) in [6, 6.07) is 10.7. The Balaban J connectivity index is 1.51. The van der Waals surface area contributed by atoms with E-state index in [0.29, 0.717) is 11.6 Å². The average Bonchev–Trinajstić information content (AvgIpc) is 3.37. The lowest BCUT2D eigenvalue weighted by molar-refractivity contribution is 0.493. The first-order valence-electron chi connectivity index (χ1n) is 11.5. The van der Waals surface area contributed by atoms with Crippen LogP contribution < -0.4 is 15.4 Å². The number of aliphatic imine (C=N–C) groups is 1. The van der Waals surface area contributed by atoms with Crippen molar-refractivity contribution < 1.29 is 0 Å². The van der Waals surface area contributed by atoms with Crippen LogP contribution in [0.2, 0.25) is 0 Å². The summed E-state index contributed by atoms with van der Waals surface area (Å²) < 4.78 is 1.65. The molecule has 0 aliphatic carbocycles. The first-order valence-corrected chi connectivity index (χ1v) is 11.5. The van der Waals surface area contributed by atoms with Crippen LogP contribution in [0.1, 0.15) is 42.9 Å². The van der Waals surface area contributed by atoms with Crippen LogP contribution >= 0.6 is 0 Å². The maximum atomic E-state index is 12.6. The van der Waals surface area contributed by atoms with Gasteiger partial charge in [-0.2, -0.15) is 0 Å². The number of hydrogen-bond donors (Lipinski definition) is 0. The van der Waals surface area contributed by atoms with Crippen LogP contribution in [0.4, 0.5) is 11.6 Å². The van der Waals surface area contributed by atoms with E-state index < -0.39 is 0 Å². The summed E-state index contributed by atoms with van der Waals surface area (Å²) >= 11 is 0. The minimum absolute atomic E-state index is 0.0633. The molecule has 32 heavy (non-hydrogen) atoms. The van der Waals surface area contributed by atoms with Crippen molar-refractivity contribution in [2.45, 2.75) is 31.6 Å². The Bertz CT molecular complexity index is 1070. The quantitative estimate of drug-likeness (QED) is 0.512. The van der Waals surface area contributed by atoms with Crippen LogP contribution in [0, 0.1) is 0 Å². The summed E-state index contributed by atoms with van der Waals surface area (Å²) in [6.07, 6.45) is 9.93. The largest absolute Gasteiger partial charge is 0.372 e. The summed E-state index contributed by atoms with van der Waals surface area (Å²) in [5.74, 6) is 1.26. The van der Waals surface area contributed by atoms with Gasteiger partial charge in [0.05, 0.1) is 5.69 Å². The zero-order valence-corrected chi connectivity index (χ0v) is 19.2. The molecule has 3 heterocycles. The lowest BCUT2D eigenvalue weighted by atomic mass is 9.89. The molecule has 2 aliphatic heterocycles. The zero-order chi connectivity index (χ0) is 22.5. The monoisotopic (exact) mass is 431 g/mol. The van der Waals surface area contributed by atoms with Crippen LogP contribution in [0.5, 0.6) is 0 Å². The molecule has 0 unspecified atom stereocenters. The van der Waals surface area contributed by atoms with Gasteiger partial charge in [-0.1, -0.05) is 24.8 Å². The van der Waals surface area contributed by atoms with E-state index in [4.69, 9.17) is 4.98 Å². The molecule has 168 valence electrons. The number of allylic oxidation sites excluding steroid dienone is 3. The van der Waals surface area contributed by atoms with Gasteiger partial charge in [0.15, 0.2) is 0 Å². The molecule has 0 N–H and O–H groups in total. The highest BCUT2D eigenvalue weighted by atomic mass is 16.1. The third-order valence-electron chi connectivity index (χ3n) is 6.62. The minimum Gasteiger partial charge on any atom is -0.372 e. The summed E-state index contributed by atoms with van der Waals surface area (Å²) in [5, 5.41) is 0. The van der Waals surface area contributed by atoms with Crippen LogP contribution in [0.3, 0.4) is 0 Å². The van der Waals surface area contributed by atoms with Crippen molar-refractivity contribution >= 4 is 23.4 Å². The predicted molar refractivity (Wildman–Crippen MR) is 134 cm³/mol. The second-order valence-electron chi connectivity index (χ2n) is 8.62. The van der Waals surface area contributed by atoms with Gasteiger partial charge in [-0.3, -0.25) is 14.4 Å². The van der Waals surface area contributed by atoms with Crippen LogP contribution in [-0.4, -0.2) is 49.0 Å². The molecule has 1 aromatic carbocycles. The molecular weight excluding hydrogens is 398 g/mol. The maximum Gasteiger partial charge on any atom is 0.255 e. The number of anilines is 2. The fourth-order valence-corrected chi connectivity index (χ4v) is 4.73. The van der Waals surface area contributed by atoms with E-state index in [2.05, 4.69) is 45.6 Å². The molecule has 6 heteroatoms. The van der Waals surface area contributed by atoms with Crippen molar-refractivity contribution in [3.63, 3.8) is 0 Å². The topological polar surface area (TPSA) is 53.7 Å². The van der Waals surface area contributed by atoms with E-state index in [1.165, 1.54) is 37.2 Å². The minimum atomic E-state index is -0.0633. The molecule has 0 atom stereocenters. The van der Waals surface area contributed by atoms with E-state index >= 15 is 0 Å². The Morgan fingerprint density at radius 3 is 2.56 bits per heavy atom. The molecule has 0 saturated carbocycles. The Morgan fingerprint density at radius 2 is 1.88 bits per heavy atom. The van der Waals surface area contributed by atoms with Crippen molar-refractivity contribution in [2.75, 3.05) is 43.0 Å². The highest BCUT2D eigenvalue weighted by Gasteiger charge is 2.24. The molecule has 6 nitrogen and oxygen atoms in total. The molecule has 2 fully saturated rings. The van der Waals surface area contributed by atoms with Crippen molar-refractivity contribution in [3.8, 4) is 0 Å². The van der Waals surface area contributed by atoms with Crippen molar-refractivity contribution in [1.29, 1.82) is 0 Å². The molecule has 2 aliphatic rings. The van der Waals surface area contributed by atoms with Crippen molar-refractivity contribution in [1.82, 2.24) is 9.55 Å². The third kappa shape index (κ3) is 4.69. The number of aromatic nitrogens is 2. The molecule has 2 saturated heterocycles. The Morgan fingerprint density at radius 1 is 1.12 bits per heavy atom. The zero-order valence-electron chi connectivity index (χ0n) is 19.2. The van der Waals surface area contributed by atoms with Crippen LogP contribution in [-0.2, 0) is 7.05 Å². The van der Waals surface area contributed by atoms with Gasteiger partial charge in [-0.25, -0.2) is 4.98 Å². The number of piperidine rings is 1. The second-order valence-corrected chi connectivity index (χ2v) is 8.62. The Labute approximate surface area is 190 Å². The molecule has 1 aromatic heterocycles. The van der Waals surface area contributed by atoms with Crippen molar-refractivity contribution in [2.24, 2.45) is 12.0 Å². The average molecular weight is 432 g/mol. The fraction of sp³-hybridized carbons (Fsp3) is 0.423. The van der Waals surface area contributed by atoms with Gasteiger partial charge in [-0.15, -0.1) is 0 Å². The lowest BCUT2D eigenvalue weighted by Gasteiger charge is -2.34. The van der Waals surface area contributed by atoms with Gasteiger partial charge >= 0.3 is 0 Å². The van der Waals surface area contributed by atoms with E-state index in [9.17, 15) is 4.79 Å². The van der Waals surface area contributed by atoms with Crippen LogP contribution in [0.25, 0.3) is 5.57 Å². The molecule has 0 radical (unpaired) electrons. The van der Waals surface area contributed by atoms with Crippen molar-refractivity contribution in [3.05, 3.63) is 70.7 Å². The standard InChI is InChI=1S/C26H33N5O/c1-4-20(10-13-27-2)24-19-25(32)29(3)26(28-24)31-16-11-21(12-17-31)22-8-7-9-23(18-22)30-14-5-6-15-30/h4,7-10,13,18-19,21H,1,5-6,11-12,14-17H2,2-3H3/b20-10+,27-13?. The first-order chi connectivity index (χ1) is 15.6. The molecule has 2 aromatic rings. The normalized spacial score (nSPS) is 18.0. The summed E-state index contributed by atoms with van der Waals surface area (Å²) in [6.45, 7) is 7.97.